The van der Waals surface area contributed by atoms with Crippen LogP contribution in [0.3, 0.4) is 0 Å². The summed E-state index contributed by atoms with van der Waals surface area (Å²) < 4.78 is 0. The van der Waals surface area contributed by atoms with E-state index >= 15 is 0 Å². The van der Waals surface area contributed by atoms with Gasteiger partial charge in [-0.05, 0) is 11.8 Å². The highest BCUT2D eigenvalue weighted by atomic mass is 32.5. The number of rotatable bonds is 3. The van der Waals surface area contributed by atoms with E-state index in [2.05, 4.69) is 11.8 Å². The maximum atomic E-state index is 8.47. The lowest BCUT2D eigenvalue weighted by molar-refractivity contribution is 0.0200. The quantitative estimate of drug-likeness (QED) is 0.317. The van der Waals surface area contributed by atoms with Crippen LogP contribution in [0.1, 0.15) is 6.92 Å². The zero-order valence-electron chi connectivity index (χ0n) is 7.16. The minimum atomic E-state index is -3.81. The molecule has 82 valence electrons. The van der Waals surface area contributed by atoms with E-state index in [0.717, 1.165) is 0 Å². The standard InChI is InChI=1S/C5H12O3.H3O3PS/c1-5(2-6,3-7)4-8;1-4(2,3)5/h6-8H,2-4H2,1H3;(H3,1,2,3,5). The molecular formula is C5H15O6PS. The van der Waals surface area contributed by atoms with Crippen molar-refractivity contribution in [2.45, 2.75) is 6.92 Å². The molecule has 0 rings (SSSR count). The maximum Gasteiger partial charge on any atom is 0.319 e. The molecular weight excluding hydrogens is 219 g/mol. The monoisotopic (exact) mass is 234 g/mol. The van der Waals surface area contributed by atoms with Gasteiger partial charge in [0.2, 0.25) is 0 Å². The van der Waals surface area contributed by atoms with Crippen molar-refractivity contribution in [3.05, 3.63) is 0 Å². The fourth-order valence-corrected chi connectivity index (χ4v) is 0.150. The number of hydrogen-bond donors (Lipinski definition) is 6. The molecule has 0 fully saturated rings. The summed E-state index contributed by atoms with van der Waals surface area (Å²) >= 11 is 3.60. The Kier molecular flexibility index (Phi) is 8.30. The number of aliphatic hydroxyl groups is 3. The molecule has 0 aromatic heterocycles. The summed E-state index contributed by atoms with van der Waals surface area (Å²) in [6.45, 7) is -2.74. The van der Waals surface area contributed by atoms with Crippen LogP contribution in [0.25, 0.3) is 0 Å². The van der Waals surface area contributed by atoms with Crippen LogP contribution in [-0.2, 0) is 11.8 Å². The van der Waals surface area contributed by atoms with Gasteiger partial charge in [-0.15, -0.1) is 0 Å². The van der Waals surface area contributed by atoms with Gasteiger partial charge < -0.3 is 30.0 Å². The Morgan fingerprint density at radius 3 is 1.15 bits per heavy atom. The molecule has 0 bridgehead atoms. The van der Waals surface area contributed by atoms with Crippen LogP contribution < -0.4 is 0 Å². The molecule has 0 aromatic rings. The van der Waals surface area contributed by atoms with Crippen LogP contribution in [-0.4, -0.2) is 49.8 Å². The first-order chi connectivity index (χ1) is 5.68. The highest BCUT2D eigenvalue weighted by molar-refractivity contribution is 8.06. The Hall–Kier alpha value is 0.410. The van der Waals surface area contributed by atoms with Crippen LogP contribution in [0, 0.1) is 5.41 Å². The van der Waals surface area contributed by atoms with Crippen molar-refractivity contribution in [1.82, 2.24) is 0 Å². The van der Waals surface area contributed by atoms with Gasteiger partial charge in [0, 0.05) is 5.41 Å². The predicted molar refractivity (Wildman–Crippen MR) is 50.3 cm³/mol. The first kappa shape index (κ1) is 15.9. The van der Waals surface area contributed by atoms with E-state index in [1.54, 1.807) is 6.92 Å². The summed E-state index contributed by atoms with van der Waals surface area (Å²) in [7, 11) is 0. The largest absolute Gasteiger partial charge is 0.396 e. The molecule has 0 aliphatic rings. The molecule has 6 nitrogen and oxygen atoms in total. The van der Waals surface area contributed by atoms with Gasteiger partial charge in [0.15, 0.2) is 0 Å². The highest BCUT2D eigenvalue weighted by Gasteiger charge is 2.20. The minimum Gasteiger partial charge on any atom is -0.396 e. The predicted octanol–water partition coefficient (Wildman–Crippen LogP) is -1.84. The summed E-state index contributed by atoms with van der Waals surface area (Å²) in [5.41, 5.74) is -0.708. The second kappa shape index (κ2) is 6.80. The summed E-state index contributed by atoms with van der Waals surface area (Å²) in [5.74, 6) is 0. The van der Waals surface area contributed by atoms with Crippen molar-refractivity contribution < 1.29 is 30.0 Å². The smallest absolute Gasteiger partial charge is 0.319 e. The molecule has 8 heteroatoms. The van der Waals surface area contributed by atoms with Crippen molar-refractivity contribution in [3.8, 4) is 0 Å². The zero-order chi connectivity index (χ0) is 11.1. The summed E-state index contributed by atoms with van der Waals surface area (Å²) in [6, 6.07) is 0. The van der Waals surface area contributed by atoms with Crippen LogP contribution in [0.4, 0.5) is 0 Å². The van der Waals surface area contributed by atoms with Crippen LogP contribution >= 0.6 is 6.72 Å². The fourth-order valence-electron chi connectivity index (χ4n) is 0.150. The molecule has 0 saturated carbocycles. The van der Waals surface area contributed by atoms with Crippen molar-refractivity contribution in [2.24, 2.45) is 5.41 Å². The molecule has 0 spiro atoms. The molecule has 6 N–H and O–H groups in total. The van der Waals surface area contributed by atoms with E-state index in [4.69, 9.17) is 30.0 Å². The Labute approximate surface area is 81.4 Å². The van der Waals surface area contributed by atoms with Crippen molar-refractivity contribution >= 4 is 18.5 Å². The van der Waals surface area contributed by atoms with Gasteiger partial charge in [0.05, 0.1) is 19.8 Å². The van der Waals surface area contributed by atoms with Crippen molar-refractivity contribution in [1.29, 1.82) is 0 Å². The molecule has 13 heavy (non-hydrogen) atoms. The van der Waals surface area contributed by atoms with Gasteiger partial charge in [0.1, 0.15) is 0 Å². The third-order valence-corrected chi connectivity index (χ3v) is 1.15. The molecule has 0 atom stereocenters. The van der Waals surface area contributed by atoms with E-state index in [-0.39, 0.29) is 19.8 Å². The Balaban J connectivity index is 0. The van der Waals surface area contributed by atoms with E-state index in [1.165, 1.54) is 0 Å². The van der Waals surface area contributed by atoms with Crippen LogP contribution in [0.15, 0.2) is 0 Å². The molecule has 0 aliphatic carbocycles. The summed E-state index contributed by atoms with van der Waals surface area (Å²) in [6.07, 6.45) is 0. The topological polar surface area (TPSA) is 121 Å². The first-order valence-corrected chi connectivity index (χ1v) is 5.95. The average Bonchev–Trinajstić information content (AvgIpc) is 2.00. The van der Waals surface area contributed by atoms with Gasteiger partial charge in [-0.1, -0.05) is 6.92 Å². The van der Waals surface area contributed by atoms with Crippen molar-refractivity contribution in [3.63, 3.8) is 0 Å². The van der Waals surface area contributed by atoms with Crippen LogP contribution in [0.2, 0.25) is 0 Å². The van der Waals surface area contributed by atoms with Gasteiger partial charge in [-0.2, -0.15) is 0 Å². The molecule has 0 heterocycles. The fraction of sp³-hybridized carbons (Fsp3) is 1.00. The Morgan fingerprint density at radius 1 is 1.00 bits per heavy atom. The molecule has 0 saturated heterocycles. The average molecular weight is 234 g/mol. The number of hydrogen-bond acceptors (Lipinski definition) is 4. The molecule has 0 amide bonds. The van der Waals surface area contributed by atoms with Gasteiger partial charge >= 0.3 is 6.72 Å². The third kappa shape index (κ3) is 15.2. The second-order valence-electron chi connectivity index (χ2n) is 2.80. The first-order valence-electron chi connectivity index (χ1n) is 3.29. The lowest BCUT2D eigenvalue weighted by Crippen LogP contribution is -2.29. The second-order valence-corrected chi connectivity index (χ2v) is 5.29. The van der Waals surface area contributed by atoms with Gasteiger partial charge in [0.25, 0.3) is 0 Å². The molecule has 0 aliphatic heterocycles. The van der Waals surface area contributed by atoms with Gasteiger partial charge in [-0.25, -0.2) is 0 Å². The zero-order valence-corrected chi connectivity index (χ0v) is 8.87. The lowest BCUT2D eigenvalue weighted by Gasteiger charge is -2.20. The number of aliphatic hydroxyl groups excluding tert-OH is 3. The highest BCUT2D eigenvalue weighted by Crippen LogP contribution is 2.26. The molecule has 0 unspecified atom stereocenters. The summed E-state index contributed by atoms with van der Waals surface area (Å²) in [4.78, 5) is 22.7. The Morgan fingerprint density at radius 2 is 1.15 bits per heavy atom. The van der Waals surface area contributed by atoms with Gasteiger partial charge in [-0.3, -0.25) is 0 Å². The maximum absolute atomic E-state index is 8.47. The Bertz CT molecular complexity index is 148. The third-order valence-electron chi connectivity index (χ3n) is 1.15. The minimum absolute atomic E-state index is 0.181. The van der Waals surface area contributed by atoms with E-state index < -0.39 is 12.1 Å². The van der Waals surface area contributed by atoms with Crippen molar-refractivity contribution in [2.75, 3.05) is 19.8 Å². The molecule has 0 aromatic carbocycles. The van der Waals surface area contributed by atoms with Crippen LogP contribution in [0.5, 0.6) is 0 Å². The lowest BCUT2D eigenvalue weighted by atomic mass is 9.95. The van der Waals surface area contributed by atoms with E-state index in [9.17, 15) is 0 Å². The summed E-state index contributed by atoms with van der Waals surface area (Å²) in [5, 5.41) is 25.4. The SMILES string of the molecule is CC(CO)(CO)CO.OP(O)(O)=S. The van der Waals surface area contributed by atoms with E-state index in [1.807, 2.05) is 0 Å². The molecule has 0 radical (unpaired) electrons. The van der Waals surface area contributed by atoms with E-state index in [0.29, 0.717) is 0 Å². The normalized spacial score (nSPS) is 11.9.